The van der Waals surface area contributed by atoms with Crippen molar-refractivity contribution in [3.05, 3.63) is 38.9 Å². The van der Waals surface area contributed by atoms with Crippen LogP contribution in [0.3, 0.4) is 0 Å². The van der Waals surface area contributed by atoms with Crippen molar-refractivity contribution in [2.24, 2.45) is 5.92 Å². The second-order valence-corrected chi connectivity index (χ2v) is 5.92. The highest BCUT2D eigenvalue weighted by atomic mass is 35.5. The molecule has 0 radical (unpaired) electrons. The average molecular weight is 299 g/mol. The number of rotatable bonds is 8. The fraction of sp³-hybridized carbons (Fsp3) is 0.600. The Hall–Kier alpha value is -1.13. The summed E-state index contributed by atoms with van der Waals surface area (Å²) in [6.07, 6.45) is 2.95. The molecule has 0 fully saturated rings. The molecule has 5 heteroatoms. The molecule has 1 rings (SSSR count). The van der Waals surface area contributed by atoms with Crippen LogP contribution >= 0.6 is 11.6 Å². The summed E-state index contributed by atoms with van der Waals surface area (Å²) in [7, 11) is 0. The number of nitrogens with zero attached hydrogens (tertiary/aromatic N) is 1. The monoisotopic (exact) mass is 298 g/mol. The molecule has 0 bridgehead atoms. The molecule has 0 aliphatic heterocycles. The molecule has 0 aliphatic rings. The van der Waals surface area contributed by atoms with Gasteiger partial charge in [0.05, 0.1) is 9.95 Å². The van der Waals surface area contributed by atoms with Crippen molar-refractivity contribution in [3.63, 3.8) is 0 Å². The number of nitrogens with one attached hydrogen (secondary N) is 1. The van der Waals surface area contributed by atoms with Gasteiger partial charge in [0, 0.05) is 18.2 Å². The second kappa shape index (κ2) is 8.22. The van der Waals surface area contributed by atoms with Crippen molar-refractivity contribution in [2.45, 2.75) is 46.1 Å². The van der Waals surface area contributed by atoms with Crippen molar-refractivity contribution in [3.8, 4) is 0 Å². The van der Waals surface area contributed by atoms with Crippen LogP contribution in [0.5, 0.6) is 0 Å². The van der Waals surface area contributed by atoms with Crippen LogP contribution in [0.2, 0.25) is 5.02 Å². The Balaban J connectivity index is 2.79. The van der Waals surface area contributed by atoms with Gasteiger partial charge in [-0.05, 0) is 37.3 Å². The van der Waals surface area contributed by atoms with Crippen molar-refractivity contribution < 1.29 is 4.92 Å². The van der Waals surface area contributed by atoms with E-state index in [-0.39, 0.29) is 5.69 Å². The third-order valence-corrected chi connectivity index (χ3v) is 3.50. The lowest BCUT2D eigenvalue weighted by Gasteiger charge is -2.21. The molecule has 0 saturated carbocycles. The van der Waals surface area contributed by atoms with Crippen molar-refractivity contribution in [2.75, 3.05) is 6.54 Å². The third-order valence-electron chi connectivity index (χ3n) is 3.15. The molecule has 0 aromatic heterocycles. The minimum Gasteiger partial charge on any atom is -0.314 e. The Morgan fingerprint density at radius 3 is 2.60 bits per heavy atom. The summed E-state index contributed by atoms with van der Waals surface area (Å²) in [5, 5.41) is 14.7. The van der Waals surface area contributed by atoms with Gasteiger partial charge in [0.1, 0.15) is 0 Å². The van der Waals surface area contributed by atoms with Gasteiger partial charge in [0.25, 0.3) is 5.69 Å². The highest BCUT2D eigenvalue weighted by Crippen LogP contribution is 2.24. The van der Waals surface area contributed by atoms with Crippen LogP contribution in [0.4, 0.5) is 5.69 Å². The summed E-state index contributed by atoms with van der Waals surface area (Å²) in [5.41, 5.74) is 1.01. The third kappa shape index (κ3) is 5.47. The van der Waals surface area contributed by atoms with Crippen molar-refractivity contribution in [1.82, 2.24) is 5.32 Å². The van der Waals surface area contributed by atoms with E-state index >= 15 is 0 Å². The number of nitro benzene ring substituents is 1. The zero-order valence-corrected chi connectivity index (χ0v) is 13.1. The Morgan fingerprint density at radius 1 is 1.40 bits per heavy atom. The molecule has 1 aromatic carbocycles. The second-order valence-electron chi connectivity index (χ2n) is 5.52. The quantitative estimate of drug-likeness (QED) is 0.578. The number of hydrogen-bond acceptors (Lipinski definition) is 3. The number of non-ortho nitro benzene ring substituents is 1. The zero-order valence-electron chi connectivity index (χ0n) is 12.4. The van der Waals surface area contributed by atoms with Gasteiger partial charge < -0.3 is 5.32 Å². The van der Waals surface area contributed by atoms with Crippen LogP contribution in [0.1, 0.15) is 39.2 Å². The van der Waals surface area contributed by atoms with Crippen molar-refractivity contribution in [1.29, 1.82) is 0 Å². The van der Waals surface area contributed by atoms with Gasteiger partial charge in [-0.3, -0.25) is 10.1 Å². The first kappa shape index (κ1) is 16.9. The normalized spacial score (nSPS) is 12.7. The molecule has 0 amide bonds. The maximum absolute atomic E-state index is 10.7. The highest BCUT2D eigenvalue weighted by Gasteiger charge is 2.15. The first-order valence-corrected chi connectivity index (χ1v) is 7.48. The maximum atomic E-state index is 10.7. The van der Waals surface area contributed by atoms with E-state index in [0.29, 0.717) is 17.0 Å². The standard InChI is InChI=1S/C15H23ClN2O2/c1-4-7-17-13(8-11(2)3)9-12-5-6-14(18(19)20)10-15(12)16/h5-6,10-11,13,17H,4,7-9H2,1-3H3. The van der Waals surface area contributed by atoms with Crippen LogP contribution in [0.15, 0.2) is 18.2 Å². The molecule has 0 heterocycles. The van der Waals surface area contributed by atoms with E-state index in [0.717, 1.165) is 31.4 Å². The summed E-state index contributed by atoms with van der Waals surface area (Å²) < 4.78 is 0. The van der Waals surface area contributed by atoms with E-state index in [9.17, 15) is 10.1 Å². The maximum Gasteiger partial charge on any atom is 0.270 e. The first-order chi connectivity index (χ1) is 9.43. The Kier molecular flexibility index (Phi) is 6.96. The van der Waals surface area contributed by atoms with Gasteiger partial charge >= 0.3 is 0 Å². The van der Waals surface area contributed by atoms with Gasteiger partial charge in [0.15, 0.2) is 0 Å². The van der Waals surface area contributed by atoms with Gasteiger partial charge in [-0.25, -0.2) is 0 Å². The van der Waals surface area contributed by atoms with Gasteiger partial charge in [0.2, 0.25) is 0 Å². The molecular formula is C15H23ClN2O2. The number of halogens is 1. The predicted molar refractivity (Wildman–Crippen MR) is 83.3 cm³/mol. The molecule has 1 atom stereocenters. The Bertz CT molecular complexity index is 449. The Labute approximate surface area is 125 Å². The lowest BCUT2D eigenvalue weighted by Crippen LogP contribution is -2.33. The van der Waals surface area contributed by atoms with E-state index in [2.05, 4.69) is 26.1 Å². The van der Waals surface area contributed by atoms with E-state index in [4.69, 9.17) is 11.6 Å². The molecule has 20 heavy (non-hydrogen) atoms. The summed E-state index contributed by atoms with van der Waals surface area (Å²) >= 11 is 6.16. The molecular weight excluding hydrogens is 276 g/mol. The van der Waals surface area contributed by atoms with Crippen LogP contribution in [-0.4, -0.2) is 17.5 Å². The van der Waals surface area contributed by atoms with Crippen LogP contribution in [-0.2, 0) is 6.42 Å². The minimum atomic E-state index is -0.420. The number of benzene rings is 1. The predicted octanol–water partition coefficient (Wildman–Crippen LogP) is 4.21. The molecule has 0 spiro atoms. The smallest absolute Gasteiger partial charge is 0.270 e. The molecule has 4 nitrogen and oxygen atoms in total. The zero-order chi connectivity index (χ0) is 15.1. The lowest BCUT2D eigenvalue weighted by molar-refractivity contribution is -0.384. The highest BCUT2D eigenvalue weighted by molar-refractivity contribution is 6.31. The number of nitro groups is 1. The van der Waals surface area contributed by atoms with Crippen LogP contribution < -0.4 is 5.32 Å². The summed E-state index contributed by atoms with van der Waals surface area (Å²) in [6, 6.07) is 5.08. The fourth-order valence-electron chi connectivity index (χ4n) is 2.24. The van der Waals surface area contributed by atoms with E-state index in [1.54, 1.807) is 6.07 Å². The van der Waals surface area contributed by atoms with Gasteiger partial charge in [-0.2, -0.15) is 0 Å². The molecule has 1 unspecified atom stereocenters. The summed E-state index contributed by atoms with van der Waals surface area (Å²) in [6.45, 7) is 7.50. The average Bonchev–Trinajstić information content (AvgIpc) is 2.37. The lowest BCUT2D eigenvalue weighted by atomic mass is 9.97. The topological polar surface area (TPSA) is 55.2 Å². The van der Waals surface area contributed by atoms with Crippen LogP contribution in [0, 0.1) is 16.0 Å². The van der Waals surface area contributed by atoms with E-state index in [1.165, 1.54) is 12.1 Å². The largest absolute Gasteiger partial charge is 0.314 e. The van der Waals surface area contributed by atoms with Crippen LogP contribution in [0.25, 0.3) is 0 Å². The number of hydrogen-bond donors (Lipinski definition) is 1. The van der Waals surface area contributed by atoms with E-state index in [1.807, 2.05) is 0 Å². The summed E-state index contributed by atoms with van der Waals surface area (Å²) in [4.78, 5) is 10.3. The Morgan fingerprint density at radius 2 is 2.10 bits per heavy atom. The molecule has 0 aliphatic carbocycles. The first-order valence-electron chi connectivity index (χ1n) is 7.10. The van der Waals surface area contributed by atoms with Crippen molar-refractivity contribution >= 4 is 17.3 Å². The fourth-order valence-corrected chi connectivity index (χ4v) is 2.49. The SMILES string of the molecule is CCCNC(Cc1ccc([N+](=O)[O-])cc1Cl)CC(C)C. The minimum absolute atomic E-state index is 0.0423. The molecule has 1 N–H and O–H groups in total. The van der Waals surface area contributed by atoms with Gasteiger partial charge in [-0.1, -0.05) is 38.4 Å². The van der Waals surface area contributed by atoms with Gasteiger partial charge in [-0.15, -0.1) is 0 Å². The van der Waals surface area contributed by atoms with E-state index < -0.39 is 4.92 Å². The molecule has 112 valence electrons. The molecule has 1 aromatic rings. The summed E-state index contributed by atoms with van der Waals surface area (Å²) in [5.74, 6) is 0.598. The molecule has 0 saturated heterocycles.